The highest BCUT2D eigenvalue weighted by atomic mass is 16.5. The average molecular weight is 313 g/mol. The molecule has 120 valence electrons. The Bertz CT molecular complexity index is 703. The molecule has 6 heteroatoms. The van der Waals surface area contributed by atoms with Crippen LogP contribution in [0.5, 0.6) is 0 Å². The van der Waals surface area contributed by atoms with Crippen molar-refractivity contribution in [2.45, 2.75) is 19.8 Å². The summed E-state index contributed by atoms with van der Waals surface area (Å²) in [5, 5.41) is 9.67. The van der Waals surface area contributed by atoms with Gasteiger partial charge in [-0.25, -0.2) is 0 Å². The Morgan fingerprint density at radius 1 is 1.22 bits per heavy atom. The Balaban J connectivity index is 1.80. The van der Waals surface area contributed by atoms with Gasteiger partial charge in [-0.1, -0.05) is 35.5 Å². The highest BCUT2D eigenvalue weighted by Gasteiger charge is 2.27. The predicted octanol–water partition coefficient (Wildman–Crippen LogP) is 1.91. The molecule has 0 atom stereocenters. The molecule has 1 fully saturated rings. The molecule has 0 spiro atoms. The molecule has 1 aliphatic rings. The second-order valence-corrected chi connectivity index (χ2v) is 5.67. The number of aromatic nitrogens is 1. The topological polar surface area (TPSA) is 84.2 Å². The lowest BCUT2D eigenvalue weighted by molar-refractivity contribution is -0.124. The lowest BCUT2D eigenvalue weighted by atomic mass is 9.97. The van der Waals surface area contributed by atoms with Gasteiger partial charge in [0.2, 0.25) is 5.91 Å². The van der Waals surface area contributed by atoms with Crippen LogP contribution in [0.1, 0.15) is 29.0 Å². The summed E-state index contributed by atoms with van der Waals surface area (Å²) in [6.07, 6.45) is 1.49. The summed E-state index contributed by atoms with van der Waals surface area (Å²) in [6, 6.07) is 9.31. The zero-order valence-corrected chi connectivity index (χ0v) is 13.0. The lowest BCUT2D eigenvalue weighted by Gasteiger charge is -2.21. The molecular formula is C17H19N3O3. The number of amides is 2. The summed E-state index contributed by atoms with van der Waals surface area (Å²) >= 11 is 0. The molecule has 0 aliphatic carbocycles. The zero-order valence-electron chi connectivity index (χ0n) is 13.0. The van der Waals surface area contributed by atoms with Crippen molar-refractivity contribution in [3.05, 3.63) is 41.7 Å². The third-order valence-electron chi connectivity index (χ3n) is 4.08. The molecule has 1 aromatic carbocycles. The van der Waals surface area contributed by atoms with Crippen LogP contribution in [-0.4, -0.2) is 30.1 Å². The predicted molar refractivity (Wildman–Crippen MR) is 84.7 cm³/mol. The van der Waals surface area contributed by atoms with Gasteiger partial charge in [0.1, 0.15) is 17.0 Å². The van der Waals surface area contributed by atoms with Crippen molar-refractivity contribution < 1.29 is 14.1 Å². The zero-order chi connectivity index (χ0) is 16.2. The normalized spacial score (nSPS) is 15.3. The van der Waals surface area contributed by atoms with E-state index in [2.05, 4.69) is 15.8 Å². The van der Waals surface area contributed by atoms with Crippen molar-refractivity contribution >= 4 is 11.8 Å². The summed E-state index contributed by atoms with van der Waals surface area (Å²) in [7, 11) is 0. The van der Waals surface area contributed by atoms with Gasteiger partial charge in [-0.15, -0.1) is 0 Å². The fraction of sp³-hybridized carbons (Fsp3) is 0.353. The molecule has 2 heterocycles. The average Bonchev–Trinajstić information content (AvgIpc) is 2.98. The fourth-order valence-electron chi connectivity index (χ4n) is 2.79. The van der Waals surface area contributed by atoms with Crippen LogP contribution in [0.25, 0.3) is 11.3 Å². The number of carbonyl (C=O) groups excluding carboxylic acids is 2. The Labute approximate surface area is 134 Å². The first-order valence-corrected chi connectivity index (χ1v) is 7.74. The number of nitrogens with one attached hydrogen (secondary N) is 2. The maximum atomic E-state index is 12.5. The van der Waals surface area contributed by atoms with Gasteiger partial charge in [0.05, 0.1) is 0 Å². The molecule has 6 nitrogen and oxygen atoms in total. The number of piperidine rings is 1. The molecule has 0 saturated carbocycles. The molecule has 1 saturated heterocycles. The number of rotatable bonds is 3. The number of nitrogens with zero attached hydrogens (tertiary/aromatic N) is 1. The molecule has 0 radical (unpaired) electrons. The Kier molecular flexibility index (Phi) is 4.52. The molecule has 23 heavy (non-hydrogen) atoms. The first-order valence-electron chi connectivity index (χ1n) is 7.74. The van der Waals surface area contributed by atoms with E-state index in [0.717, 1.165) is 31.5 Å². The minimum atomic E-state index is -0.453. The van der Waals surface area contributed by atoms with E-state index in [9.17, 15) is 9.59 Å². The molecule has 2 aromatic rings. The summed E-state index contributed by atoms with van der Waals surface area (Å²) in [4.78, 5) is 24.8. The van der Waals surface area contributed by atoms with Crippen molar-refractivity contribution in [2.75, 3.05) is 13.1 Å². The van der Waals surface area contributed by atoms with E-state index in [4.69, 9.17) is 4.52 Å². The molecule has 0 bridgehead atoms. The fourth-order valence-corrected chi connectivity index (χ4v) is 2.79. The summed E-state index contributed by atoms with van der Waals surface area (Å²) < 4.78 is 5.17. The third-order valence-corrected chi connectivity index (χ3v) is 4.08. The van der Waals surface area contributed by atoms with Crippen molar-refractivity contribution in [2.24, 2.45) is 5.92 Å². The Morgan fingerprint density at radius 3 is 2.61 bits per heavy atom. The van der Waals surface area contributed by atoms with Crippen molar-refractivity contribution in [3.8, 4) is 11.3 Å². The molecule has 1 aromatic heterocycles. The molecule has 1 aliphatic heterocycles. The molecule has 2 N–H and O–H groups in total. The van der Waals surface area contributed by atoms with E-state index in [1.807, 2.05) is 30.3 Å². The van der Waals surface area contributed by atoms with Crippen LogP contribution in [0, 0.1) is 12.8 Å². The van der Waals surface area contributed by atoms with E-state index in [1.165, 1.54) is 0 Å². The number of imide groups is 1. The second-order valence-electron chi connectivity index (χ2n) is 5.67. The Hall–Kier alpha value is -2.47. The minimum Gasteiger partial charge on any atom is -0.360 e. The number of carbonyl (C=O) groups is 2. The second kappa shape index (κ2) is 6.75. The van der Waals surface area contributed by atoms with Gasteiger partial charge in [-0.2, -0.15) is 0 Å². The van der Waals surface area contributed by atoms with Crippen LogP contribution >= 0.6 is 0 Å². The quantitative estimate of drug-likeness (QED) is 0.846. The number of benzene rings is 1. The molecular weight excluding hydrogens is 294 g/mol. The maximum absolute atomic E-state index is 12.5. The van der Waals surface area contributed by atoms with E-state index >= 15 is 0 Å². The standard InChI is InChI=1S/C17H19N3O3/c1-11-14(15(20-23-11)12-5-3-2-4-6-12)17(22)19-16(21)13-7-9-18-10-8-13/h2-6,13,18H,7-10H2,1H3,(H,19,21,22). The third kappa shape index (κ3) is 3.32. The summed E-state index contributed by atoms with van der Waals surface area (Å²) in [5.74, 6) is -0.401. The van der Waals surface area contributed by atoms with Crippen LogP contribution in [-0.2, 0) is 4.79 Å². The van der Waals surface area contributed by atoms with Gasteiger partial charge in [0.15, 0.2) is 0 Å². The maximum Gasteiger partial charge on any atom is 0.263 e. The number of aryl methyl sites for hydroxylation is 1. The molecule has 3 rings (SSSR count). The van der Waals surface area contributed by atoms with Crippen LogP contribution in [0.3, 0.4) is 0 Å². The summed E-state index contributed by atoms with van der Waals surface area (Å²) in [5.41, 5.74) is 1.56. The largest absolute Gasteiger partial charge is 0.360 e. The Morgan fingerprint density at radius 2 is 1.91 bits per heavy atom. The van der Waals surface area contributed by atoms with Gasteiger partial charge in [0.25, 0.3) is 5.91 Å². The SMILES string of the molecule is Cc1onc(-c2ccccc2)c1C(=O)NC(=O)C1CCNCC1. The van der Waals surface area contributed by atoms with Crippen LogP contribution < -0.4 is 10.6 Å². The first-order chi connectivity index (χ1) is 11.2. The van der Waals surface area contributed by atoms with E-state index < -0.39 is 5.91 Å². The lowest BCUT2D eigenvalue weighted by Crippen LogP contribution is -2.40. The van der Waals surface area contributed by atoms with Crippen LogP contribution in [0.2, 0.25) is 0 Å². The van der Waals surface area contributed by atoms with E-state index in [0.29, 0.717) is 17.0 Å². The van der Waals surface area contributed by atoms with Gasteiger partial charge in [-0.3, -0.25) is 14.9 Å². The molecule has 2 amide bonds. The van der Waals surface area contributed by atoms with Gasteiger partial charge >= 0.3 is 0 Å². The first kappa shape index (κ1) is 15.4. The minimum absolute atomic E-state index is 0.124. The highest BCUT2D eigenvalue weighted by Crippen LogP contribution is 2.25. The van der Waals surface area contributed by atoms with Crippen LogP contribution in [0.15, 0.2) is 34.9 Å². The number of hydrogen-bond donors (Lipinski definition) is 2. The smallest absolute Gasteiger partial charge is 0.263 e. The van der Waals surface area contributed by atoms with Crippen LogP contribution in [0.4, 0.5) is 0 Å². The monoisotopic (exact) mass is 313 g/mol. The summed E-state index contributed by atoms with van der Waals surface area (Å²) in [6.45, 7) is 3.27. The van der Waals surface area contributed by atoms with Gasteiger partial charge in [-0.05, 0) is 32.9 Å². The van der Waals surface area contributed by atoms with Crippen molar-refractivity contribution in [1.82, 2.24) is 15.8 Å². The van der Waals surface area contributed by atoms with E-state index in [1.54, 1.807) is 6.92 Å². The van der Waals surface area contributed by atoms with Crippen molar-refractivity contribution in [3.63, 3.8) is 0 Å². The van der Waals surface area contributed by atoms with E-state index in [-0.39, 0.29) is 11.8 Å². The van der Waals surface area contributed by atoms with Gasteiger partial charge < -0.3 is 9.84 Å². The highest BCUT2D eigenvalue weighted by molar-refractivity contribution is 6.08. The molecule has 0 unspecified atom stereocenters. The van der Waals surface area contributed by atoms with Gasteiger partial charge in [0, 0.05) is 11.5 Å². The number of hydrogen-bond acceptors (Lipinski definition) is 5. The van der Waals surface area contributed by atoms with Crippen molar-refractivity contribution in [1.29, 1.82) is 0 Å².